The maximum atomic E-state index is 14.8. The molecule has 2 atom stereocenters. The number of piperazine rings is 1. The highest BCUT2D eigenvalue weighted by Crippen LogP contribution is 2.35. The number of carbonyl (C=O) groups is 3. The van der Waals surface area contributed by atoms with E-state index in [1.807, 2.05) is 76.6 Å². The van der Waals surface area contributed by atoms with E-state index in [4.69, 9.17) is 0 Å². The third-order valence-corrected chi connectivity index (χ3v) is 11.9. The normalized spacial score (nSPS) is 18.6. The summed E-state index contributed by atoms with van der Waals surface area (Å²) < 4.78 is 2.08. The fourth-order valence-electron chi connectivity index (χ4n) is 8.99. The number of pyridine rings is 1. The predicted octanol–water partition coefficient (Wildman–Crippen LogP) is 6.49. The molecule has 3 aromatic carbocycles. The lowest BCUT2D eigenvalue weighted by atomic mass is 9.96. The molecule has 3 fully saturated rings. The van der Waals surface area contributed by atoms with Gasteiger partial charge in [-0.15, -0.1) is 6.58 Å². The minimum Gasteiger partial charge on any atom is -0.508 e. The molecule has 4 amide bonds. The molecule has 2 aromatic heterocycles. The second-order valence-electron chi connectivity index (χ2n) is 16.0. The molecule has 0 spiro atoms. The Balaban J connectivity index is 1.08. The summed E-state index contributed by atoms with van der Waals surface area (Å²) in [5, 5.41) is 24.4. The average molecular weight is 808 g/mol. The molecule has 0 unspecified atom stereocenters. The summed E-state index contributed by atoms with van der Waals surface area (Å²) in [5.41, 5.74) is 5.72. The largest absolute Gasteiger partial charge is 0.508 e. The third-order valence-electron chi connectivity index (χ3n) is 11.9. The summed E-state index contributed by atoms with van der Waals surface area (Å²) >= 11 is 0. The fourth-order valence-corrected chi connectivity index (χ4v) is 8.99. The number of rotatable bonds is 13. The molecule has 13 nitrogen and oxygen atoms in total. The van der Waals surface area contributed by atoms with Gasteiger partial charge in [0.25, 0.3) is 0 Å². The molecule has 310 valence electrons. The molecule has 8 rings (SSSR count). The van der Waals surface area contributed by atoms with Gasteiger partial charge in [-0.25, -0.2) is 14.8 Å². The number of nitrogens with zero attached hydrogens (tertiary/aromatic N) is 6. The van der Waals surface area contributed by atoms with E-state index in [0.29, 0.717) is 31.3 Å². The number of carbonyl (C=O) groups excluding carboxylic acids is 3. The Morgan fingerprint density at radius 1 is 0.950 bits per heavy atom. The van der Waals surface area contributed by atoms with Gasteiger partial charge in [0.2, 0.25) is 11.8 Å². The lowest BCUT2D eigenvalue weighted by Gasteiger charge is -2.56. The van der Waals surface area contributed by atoms with Crippen molar-refractivity contribution in [3.8, 4) is 16.9 Å². The zero-order valence-electron chi connectivity index (χ0n) is 34.1. The van der Waals surface area contributed by atoms with E-state index in [9.17, 15) is 19.5 Å². The van der Waals surface area contributed by atoms with Gasteiger partial charge < -0.3 is 30.1 Å². The van der Waals surface area contributed by atoms with Crippen molar-refractivity contribution in [1.82, 2.24) is 40.0 Å². The summed E-state index contributed by atoms with van der Waals surface area (Å²) in [5.74, 6) is 0.908. The second kappa shape index (κ2) is 17.7. The summed E-state index contributed by atoms with van der Waals surface area (Å²) in [6.07, 6.45) is 10.8. The molecule has 13 heteroatoms. The van der Waals surface area contributed by atoms with Gasteiger partial charge in [-0.1, -0.05) is 92.6 Å². The first kappa shape index (κ1) is 40.2. The van der Waals surface area contributed by atoms with Crippen molar-refractivity contribution in [3.63, 3.8) is 0 Å². The fraction of sp³-hybridized carbons (Fsp3) is 0.319. The number of benzene rings is 3. The quantitative estimate of drug-likeness (QED) is 0.0992. The first-order valence-corrected chi connectivity index (χ1v) is 20.8. The Kier molecular flexibility index (Phi) is 11.9. The summed E-state index contributed by atoms with van der Waals surface area (Å²) in [7, 11) is 2.00. The number of fused-ring (bicyclic) bond motifs is 2. The van der Waals surface area contributed by atoms with Crippen LogP contribution in [0, 0.1) is 0 Å². The van der Waals surface area contributed by atoms with Crippen LogP contribution in [0.2, 0.25) is 0 Å². The molecule has 60 heavy (non-hydrogen) atoms. The van der Waals surface area contributed by atoms with Gasteiger partial charge in [-0.05, 0) is 53.8 Å². The van der Waals surface area contributed by atoms with Crippen molar-refractivity contribution >= 4 is 34.6 Å². The number of amides is 4. The van der Waals surface area contributed by atoms with Crippen molar-refractivity contribution in [1.29, 1.82) is 0 Å². The molecule has 3 aliphatic rings. The van der Waals surface area contributed by atoms with E-state index >= 15 is 0 Å². The van der Waals surface area contributed by atoms with Gasteiger partial charge in [-0.3, -0.25) is 19.9 Å². The predicted molar refractivity (Wildman–Crippen MR) is 233 cm³/mol. The lowest BCUT2D eigenvalue weighted by Crippen LogP contribution is -2.75. The van der Waals surface area contributed by atoms with Crippen molar-refractivity contribution in [2.75, 3.05) is 25.0 Å². The Morgan fingerprint density at radius 3 is 2.47 bits per heavy atom. The number of hydrogen-bond acceptors (Lipinski definition) is 8. The zero-order valence-corrected chi connectivity index (χ0v) is 34.1. The van der Waals surface area contributed by atoms with Crippen molar-refractivity contribution in [3.05, 3.63) is 139 Å². The van der Waals surface area contributed by atoms with Crippen LogP contribution in [0.25, 0.3) is 22.0 Å². The van der Waals surface area contributed by atoms with Crippen molar-refractivity contribution < 1.29 is 19.5 Å². The van der Waals surface area contributed by atoms with Crippen LogP contribution in [0.1, 0.15) is 48.8 Å². The van der Waals surface area contributed by atoms with Gasteiger partial charge in [0.1, 0.15) is 29.6 Å². The van der Waals surface area contributed by atoms with E-state index < -0.39 is 12.2 Å². The van der Waals surface area contributed by atoms with Gasteiger partial charge in [-0.2, -0.15) is 0 Å². The summed E-state index contributed by atoms with van der Waals surface area (Å²) in [6, 6.07) is 25.9. The van der Waals surface area contributed by atoms with E-state index in [-0.39, 0.29) is 49.1 Å². The Labute approximate surface area is 350 Å². The minimum atomic E-state index is -0.804. The highest BCUT2D eigenvalue weighted by Gasteiger charge is 2.50. The number of nitrogens with one attached hydrogen (secondary N) is 3. The highest BCUT2D eigenvalue weighted by molar-refractivity contribution is 5.98. The molecular weight excluding hydrogens is 755 g/mol. The zero-order chi connectivity index (χ0) is 41.8. The van der Waals surface area contributed by atoms with Gasteiger partial charge in [0.15, 0.2) is 0 Å². The van der Waals surface area contributed by atoms with Crippen LogP contribution < -0.4 is 16.0 Å². The number of para-hydroxylation sites is 1. The standard InChI is InChI=1S/C47H53N9O4/c1-4-24-54-31-44(58)55-41(25-33-18-21-38(57)22-19-33)46(59)53(30-43(55)56(54)32(2)48-26-34-12-7-5-8-13-34)28-36-14-11-17-39-40(29-52(3)45(36)39)35-20-23-42(49-27-35)51-47(60)50-37-15-9-6-10-16-37/h4-5,7-8,11-14,17-23,27,29,37,41,43,48,57H,1-2,6,9-10,15-16,24-26,28,30-31H2,3H3,(H2,49,50,51,60)/t41-,43-/m0/s1. The van der Waals surface area contributed by atoms with Crippen molar-refractivity contribution in [2.24, 2.45) is 7.05 Å². The van der Waals surface area contributed by atoms with Crippen molar-refractivity contribution in [2.45, 2.75) is 69.9 Å². The summed E-state index contributed by atoms with van der Waals surface area (Å²) in [4.78, 5) is 49.8. The maximum absolute atomic E-state index is 14.8. The number of phenols is 1. The van der Waals surface area contributed by atoms with E-state index in [1.54, 1.807) is 41.4 Å². The summed E-state index contributed by atoms with van der Waals surface area (Å²) in [6.45, 7) is 9.95. The van der Waals surface area contributed by atoms with Crippen LogP contribution in [0.15, 0.2) is 122 Å². The number of hydrogen-bond donors (Lipinski definition) is 4. The van der Waals surface area contributed by atoms with Gasteiger partial charge >= 0.3 is 6.03 Å². The second-order valence-corrected chi connectivity index (χ2v) is 16.0. The molecule has 0 radical (unpaired) electrons. The third kappa shape index (κ3) is 8.57. The molecule has 0 bridgehead atoms. The smallest absolute Gasteiger partial charge is 0.320 e. The first-order valence-electron chi connectivity index (χ1n) is 20.8. The highest BCUT2D eigenvalue weighted by atomic mass is 16.3. The van der Waals surface area contributed by atoms with Crippen LogP contribution >= 0.6 is 0 Å². The van der Waals surface area contributed by atoms with Crippen LogP contribution in [0.4, 0.5) is 10.6 Å². The average Bonchev–Trinajstić information content (AvgIpc) is 3.60. The number of hydrazine groups is 1. The molecule has 1 saturated carbocycles. The topological polar surface area (TPSA) is 138 Å². The van der Waals surface area contributed by atoms with Crippen LogP contribution in [0.5, 0.6) is 5.75 Å². The number of phenolic OH excluding ortho intramolecular Hbond substituents is 1. The Morgan fingerprint density at radius 2 is 1.73 bits per heavy atom. The number of aryl methyl sites for hydroxylation is 1. The Hall–Kier alpha value is -6.60. The maximum Gasteiger partial charge on any atom is 0.320 e. The molecule has 4 N–H and O–H groups in total. The molecule has 2 saturated heterocycles. The molecular formula is C47H53N9O4. The SMILES string of the molecule is C=CCN1CC(=O)N2[C@@H](Cc3ccc(O)cc3)C(=O)N(Cc3cccc4c(-c5ccc(NC(=O)NC6CCCCC6)nc5)cn(C)c34)C[C@@H]2N1C(=C)NCc1ccccc1. The molecule has 2 aliphatic heterocycles. The van der Waals surface area contributed by atoms with E-state index in [1.165, 1.54) is 6.42 Å². The minimum absolute atomic E-state index is 0.0545. The van der Waals surface area contributed by atoms with Crippen LogP contribution in [-0.2, 0) is 36.1 Å². The number of aromatic nitrogens is 2. The number of anilines is 1. The van der Waals surface area contributed by atoms with Gasteiger partial charge in [0, 0.05) is 68.1 Å². The Bertz CT molecular complexity index is 2360. The monoisotopic (exact) mass is 807 g/mol. The van der Waals surface area contributed by atoms with Gasteiger partial charge in [0.05, 0.1) is 18.6 Å². The van der Waals surface area contributed by atoms with Crippen LogP contribution in [-0.4, -0.2) is 90.2 Å². The number of aromatic hydroxyl groups is 1. The van der Waals surface area contributed by atoms with E-state index in [0.717, 1.165) is 64.4 Å². The van der Waals surface area contributed by atoms with Crippen LogP contribution in [0.3, 0.4) is 0 Å². The lowest BCUT2D eigenvalue weighted by molar-refractivity contribution is -0.194. The number of urea groups is 1. The molecule has 4 heterocycles. The molecule has 5 aromatic rings. The van der Waals surface area contributed by atoms with E-state index in [2.05, 4.69) is 50.9 Å². The first-order chi connectivity index (χ1) is 29.2. The molecule has 1 aliphatic carbocycles.